The molecule has 0 aromatic heterocycles. The number of hydrogen-bond acceptors (Lipinski definition) is 4. The summed E-state index contributed by atoms with van der Waals surface area (Å²) in [6.45, 7) is 0.670. The Balaban J connectivity index is 2.54. The van der Waals surface area contributed by atoms with Gasteiger partial charge in [-0.1, -0.05) is 0 Å². The van der Waals surface area contributed by atoms with E-state index < -0.39 is 16.0 Å². The number of benzene rings is 1. The van der Waals surface area contributed by atoms with E-state index in [0.717, 1.165) is 6.26 Å². The third-order valence-electron chi connectivity index (χ3n) is 2.02. The van der Waals surface area contributed by atoms with Crippen LogP contribution in [0.3, 0.4) is 0 Å². The molecule has 0 radical (unpaired) electrons. The third-order valence-corrected chi connectivity index (χ3v) is 3.40. The van der Waals surface area contributed by atoms with Crippen molar-refractivity contribution < 1.29 is 18.3 Å². The van der Waals surface area contributed by atoms with Crippen molar-refractivity contribution in [3.63, 3.8) is 0 Å². The van der Waals surface area contributed by atoms with Crippen LogP contribution in [0.5, 0.6) is 0 Å². The van der Waals surface area contributed by atoms with Crippen LogP contribution in [-0.4, -0.2) is 38.8 Å². The molecule has 6 nitrogen and oxygen atoms in total. The molecule has 0 fully saturated rings. The fourth-order valence-corrected chi connectivity index (χ4v) is 2.26. The number of nitrogens with one attached hydrogen (secondary N) is 2. The summed E-state index contributed by atoms with van der Waals surface area (Å²) in [7, 11) is -3.18. The van der Waals surface area contributed by atoms with E-state index >= 15 is 0 Å². The highest BCUT2D eigenvalue weighted by atomic mass is 79.9. The van der Waals surface area contributed by atoms with Crippen molar-refractivity contribution in [1.82, 2.24) is 4.72 Å². The number of sulfonamides is 1. The normalized spacial score (nSPS) is 11.2. The lowest BCUT2D eigenvalue weighted by molar-refractivity contribution is 0.0696. The number of rotatable bonds is 6. The summed E-state index contributed by atoms with van der Waals surface area (Å²) in [5.74, 6) is -1.01. The first-order valence-corrected chi connectivity index (χ1v) is 7.69. The molecule has 1 rings (SSSR count). The summed E-state index contributed by atoms with van der Waals surface area (Å²) in [6, 6.07) is 4.72. The quantitative estimate of drug-likeness (QED) is 0.676. The molecule has 3 N–H and O–H groups in total. The molecule has 0 aliphatic carbocycles. The molecule has 0 saturated carbocycles. The summed E-state index contributed by atoms with van der Waals surface area (Å²) >= 11 is 3.16. The Labute approximate surface area is 114 Å². The molecule has 18 heavy (non-hydrogen) atoms. The van der Waals surface area contributed by atoms with Gasteiger partial charge in [0.25, 0.3) is 0 Å². The molecular formula is C10H13BrN2O4S. The van der Waals surface area contributed by atoms with Gasteiger partial charge >= 0.3 is 5.97 Å². The van der Waals surface area contributed by atoms with E-state index in [0.29, 0.717) is 16.7 Å². The molecule has 0 aliphatic heterocycles. The molecule has 0 bridgehead atoms. The Morgan fingerprint density at radius 1 is 1.39 bits per heavy atom. The minimum Gasteiger partial charge on any atom is -0.478 e. The first-order valence-electron chi connectivity index (χ1n) is 5.01. The van der Waals surface area contributed by atoms with Gasteiger partial charge in [0.05, 0.1) is 11.8 Å². The Kier molecular flexibility index (Phi) is 5.12. The van der Waals surface area contributed by atoms with E-state index in [9.17, 15) is 13.2 Å². The molecule has 1 aromatic carbocycles. The zero-order valence-electron chi connectivity index (χ0n) is 9.60. The Morgan fingerprint density at radius 3 is 2.56 bits per heavy atom. The van der Waals surface area contributed by atoms with Crippen molar-refractivity contribution in [3.8, 4) is 0 Å². The number of carboxylic acids is 1. The summed E-state index contributed by atoms with van der Waals surface area (Å²) in [5, 5.41) is 11.8. The van der Waals surface area contributed by atoms with E-state index in [1.807, 2.05) is 0 Å². The molecule has 0 heterocycles. The number of hydrogen-bond donors (Lipinski definition) is 3. The molecule has 0 saturated heterocycles. The van der Waals surface area contributed by atoms with Crippen LogP contribution in [0.25, 0.3) is 0 Å². The number of aromatic carboxylic acids is 1. The van der Waals surface area contributed by atoms with Crippen LogP contribution in [0, 0.1) is 0 Å². The topological polar surface area (TPSA) is 95.5 Å². The molecule has 0 aliphatic rings. The first-order chi connectivity index (χ1) is 8.29. The first kappa shape index (κ1) is 14.9. The monoisotopic (exact) mass is 336 g/mol. The van der Waals surface area contributed by atoms with Crippen molar-refractivity contribution in [2.75, 3.05) is 24.7 Å². The van der Waals surface area contributed by atoms with Crippen molar-refractivity contribution in [2.45, 2.75) is 0 Å². The van der Waals surface area contributed by atoms with Gasteiger partial charge in [0, 0.05) is 23.2 Å². The lowest BCUT2D eigenvalue weighted by atomic mass is 10.2. The van der Waals surface area contributed by atoms with Gasteiger partial charge in [0.2, 0.25) is 10.0 Å². The number of anilines is 1. The maximum Gasteiger partial charge on any atom is 0.336 e. The average molecular weight is 337 g/mol. The van der Waals surface area contributed by atoms with Gasteiger partial charge in [-0.05, 0) is 34.1 Å². The number of carbonyl (C=O) groups is 1. The standard InChI is InChI=1S/C10H13BrN2O4S/c1-18(16,17)13-5-4-12-7-2-3-8(10(14)15)9(11)6-7/h2-3,6,12-13H,4-5H2,1H3,(H,14,15). The molecule has 1 aromatic rings. The second-order valence-corrected chi connectivity index (χ2v) is 6.28. The zero-order valence-corrected chi connectivity index (χ0v) is 12.0. The highest BCUT2D eigenvalue weighted by Crippen LogP contribution is 2.21. The molecule has 0 unspecified atom stereocenters. The molecule has 0 amide bonds. The molecule has 8 heteroatoms. The average Bonchev–Trinajstić information content (AvgIpc) is 2.22. The van der Waals surface area contributed by atoms with Gasteiger partial charge in [-0.3, -0.25) is 0 Å². The van der Waals surface area contributed by atoms with Crippen molar-refractivity contribution >= 4 is 37.6 Å². The van der Waals surface area contributed by atoms with Crippen LogP contribution in [0.4, 0.5) is 5.69 Å². The minimum atomic E-state index is -3.18. The SMILES string of the molecule is CS(=O)(=O)NCCNc1ccc(C(=O)O)c(Br)c1. The minimum absolute atomic E-state index is 0.176. The summed E-state index contributed by atoms with van der Waals surface area (Å²) in [6.07, 6.45) is 1.09. The maximum atomic E-state index is 10.8. The van der Waals surface area contributed by atoms with Crippen LogP contribution < -0.4 is 10.0 Å². The fraction of sp³-hybridized carbons (Fsp3) is 0.300. The largest absolute Gasteiger partial charge is 0.478 e. The predicted molar refractivity (Wildman–Crippen MR) is 72.4 cm³/mol. The highest BCUT2D eigenvalue weighted by molar-refractivity contribution is 9.10. The molecule has 0 spiro atoms. The Hall–Kier alpha value is -1.12. The lowest BCUT2D eigenvalue weighted by Crippen LogP contribution is -2.27. The summed E-state index contributed by atoms with van der Waals surface area (Å²) < 4.78 is 24.4. The lowest BCUT2D eigenvalue weighted by Gasteiger charge is -2.08. The van der Waals surface area contributed by atoms with Crippen LogP contribution in [0.1, 0.15) is 10.4 Å². The van der Waals surface area contributed by atoms with E-state index in [2.05, 4.69) is 26.0 Å². The van der Waals surface area contributed by atoms with Gasteiger partial charge in [-0.15, -0.1) is 0 Å². The Morgan fingerprint density at radius 2 is 2.06 bits per heavy atom. The van der Waals surface area contributed by atoms with E-state index in [1.54, 1.807) is 12.1 Å². The molecule has 100 valence electrons. The van der Waals surface area contributed by atoms with Crippen LogP contribution in [0.2, 0.25) is 0 Å². The maximum absolute atomic E-state index is 10.8. The smallest absolute Gasteiger partial charge is 0.336 e. The van der Waals surface area contributed by atoms with E-state index in [1.165, 1.54) is 6.07 Å². The third kappa shape index (κ3) is 5.03. The van der Waals surface area contributed by atoms with Crippen LogP contribution >= 0.6 is 15.9 Å². The van der Waals surface area contributed by atoms with E-state index in [-0.39, 0.29) is 12.1 Å². The van der Waals surface area contributed by atoms with Crippen LogP contribution in [-0.2, 0) is 10.0 Å². The summed E-state index contributed by atoms with van der Waals surface area (Å²) in [5.41, 5.74) is 0.886. The van der Waals surface area contributed by atoms with Crippen LogP contribution in [0.15, 0.2) is 22.7 Å². The Bertz CT molecular complexity index is 545. The molecule has 0 atom stereocenters. The number of carboxylic acid groups (broad SMARTS) is 1. The van der Waals surface area contributed by atoms with Gasteiger partial charge in [-0.2, -0.15) is 0 Å². The van der Waals surface area contributed by atoms with Gasteiger partial charge in [0.1, 0.15) is 0 Å². The second-order valence-electron chi connectivity index (χ2n) is 3.59. The van der Waals surface area contributed by atoms with E-state index in [4.69, 9.17) is 5.11 Å². The van der Waals surface area contributed by atoms with Crippen molar-refractivity contribution in [3.05, 3.63) is 28.2 Å². The predicted octanol–water partition coefficient (Wildman–Crippen LogP) is 1.11. The second kappa shape index (κ2) is 6.17. The fourth-order valence-electron chi connectivity index (χ4n) is 1.24. The van der Waals surface area contributed by atoms with Crippen molar-refractivity contribution in [1.29, 1.82) is 0 Å². The number of halogens is 1. The van der Waals surface area contributed by atoms with Gasteiger partial charge in [-0.25, -0.2) is 17.9 Å². The molecular weight excluding hydrogens is 324 g/mol. The van der Waals surface area contributed by atoms with Crippen molar-refractivity contribution in [2.24, 2.45) is 0 Å². The zero-order chi connectivity index (χ0) is 13.8. The highest BCUT2D eigenvalue weighted by Gasteiger charge is 2.08. The van der Waals surface area contributed by atoms with Gasteiger partial charge < -0.3 is 10.4 Å². The van der Waals surface area contributed by atoms with Gasteiger partial charge in [0.15, 0.2) is 0 Å². The summed E-state index contributed by atoms with van der Waals surface area (Å²) in [4.78, 5) is 10.8.